The van der Waals surface area contributed by atoms with E-state index in [0.29, 0.717) is 17.3 Å². The van der Waals surface area contributed by atoms with Crippen LogP contribution in [-0.2, 0) is 22.4 Å². The minimum absolute atomic E-state index is 0.405. The molecule has 0 fully saturated rings. The molecule has 3 heterocycles. The van der Waals surface area contributed by atoms with Crippen molar-refractivity contribution >= 4 is 22.5 Å². The summed E-state index contributed by atoms with van der Waals surface area (Å²) in [4.78, 5) is 4.64. The Balaban J connectivity index is 1.59. The lowest BCUT2D eigenvalue weighted by molar-refractivity contribution is -0.0303. The zero-order valence-corrected chi connectivity index (χ0v) is 19.0. The molecule has 1 aliphatic rings. The summed E-state index contributed by atoms with van der Waals surface area (Å²) in [5, 5.41) is 11.1. The SMILES string of the molecule is CCCCc1nc(Cl)c(C2OC=CO2)n1Cc1cccc2c1ccn2-c1ccccc1C#N. The molecule has 0 aliphatic carbocycles. The Bertz CT molecular complexity index is 1370. The minimum Gasteiger partial charge on any atom is -0.454 e. The number of benzene rings is 2. The van der Waals surface area contributed by atoms with Crippen molar-refractivity contribution in [1.29, 1.82) is 5.26 Å². The predicted octanol–water partition coefficient (Wildman–Crippen LogP) is 6.26. The molecule has 2 aromatic heterocycles. The molecule has 1 aliphatic heterocycles. The smallest absolute Gasteiger partial charge is 0.284 e. The third-order valence-corrected chi connectivity index (χ3v) is 6.19. The molecule has 0 unspecified atom stereocenters. The fourth-order valence-electron chi connectivity index (χ4n) is 4.30. The van der Waals surface area contributed by atoms with Gasteiger partial charge < -0.3 is 18.6 Å². The highest BCUT2D eigenvalue weighted by Gasteiger charge is 2.27. The predicted molar refractivity (Wildman–Crippen MR) is 127 cm³/mol. The lowest BCUT2D eigenvalue weighted by Gasteiger charge is -2.17. The summed E-state index contributed by atoms with van der Waals surface area (Å²) < 4.78 is 15.4. The van der Waals surface area contributed by atoms with Crippen LogP contribution in [0.3, 0.4) is 0 Å². The summed E-state index contributed by atoms with van der Waals surface area (Å²) in [6, 6.07) is 18.2. The van der Waals surface area contributed by atoms with E-state index in [2.05, 4.69) is 45.3 Å². The van der Waals surface area contributed by atoms with Crippen LogP contribution in [0.2, 0.25) is 5.15 Å². The van der Waals surface area contributed by atoms with E-state index in [1.165, 1.54) is 12.5 Å². The molecular weight excluding hydrogens is 436 g/mol. The molecule has 0 radical (unpaired) electrons. The number of nitrogens with zero attached hydrogens (tertiary/aromatic N) is 4. The van der Waals surface area contributed by atoms with Crippen LogP contribution >= 0.6 is 11.6 Å². The quantitative estimate of drug-likeness (QED) is 0.328. The van der Waals surface area contributed by atoms with Gasteiger partial charge in [-0.25, -0.2) is 4.98 Å². The lowest BCUT2D eigenvalue weighted by atomic mass is 10.1. The number of nitriles is 1. The maximum Gasteiger partial charge on any atom is 0.284 e. The molecule has 6 nitrogen and oxygen atoms in total. The summed E-state index contributed by atoms with van der Waals surface area (Å²) in [7, 11) is 0. The van der Waals surface area contributed by atoms with Crippen molar-refractivity contribution in [1.82, 2.24) is 14.1 Å². The van der Waals surface area contributed by atoms with Crippen molar-refractivity contribution in [2.45, 2.75) is 39.0 Å². The third-order valence-electron chi connectivity index (χ3n) is 5.91. The third kappa shape index (κ3) is 3.85. The largest absolute Gasteiger partial charge is 0.454 e. The van der Waals surface area contributed by atoms with Gasteiger partial charge in [0.25, 0.3) is 6.29 Å². The lowest BCUT2D eigenvalue weighted by Crippen LogP contribution is -2.13. The molecule has 7 heteroatoms. The van der Waals surface area contributed by atoms with Gasteiger partial charge in [0.1, 0.15) is 30.1 Å². The molecule has 0 saturated heterocycles. The first-order valence-electron chi connectivity index (χ1n) is 11.0. The van der Waals surface area contributed by atoms with E-state index in [0.717, 1.165) is 52.9 Å². The Morgan fingerprint density at radius 2 is 1.91 bits per heavy atom. The highest BCUT2D eigenvalue weighted by Crippen LogP contribution is 2.33. The molecule has 0 saturated carbocycles. The molecule has 4 aromatic rings. The highest BCUT2D eigenvalue weighted by atomic mass is 35.5. The number of hydrogen-bond acceptors (Lipinski definition) is 4. The number of halogens is 1. The summed E-state index contributed by atoms with van der Waals surface area (Å²) in [6.45, 7) is 2.74. The first kappa shape index (κ1) is 21.2. The monoisotopic (exact) mass is 458 g/mol. The van der Waals surface area contributed by atoms with Crippen LogP contribution in [0.15, 0.2) is 67.3 Å². The van der Waals surface area contributed by atoms with Gasteiger partial charge in [-0.2, -0.15) is 5.26 Å². The van der Waals surface area contributed by atoms with Crippen LogP contribution in [0, 0.1) is 11.3 Å². The molecule has 0 spiro atoms. The van der Waals surface area contributed by atoms with Gasteiger partial charge in [0.15, 0.2) is 5.15 Å². The van der Waals surface area contributed by atoms with E-state index in [-0.39, 0.29) is 0 Å². The minimum atomic E-state index is -0.605. The second-order valence-electron chi connectivity index (χ2n) is 7.93. The van der Waals surface area contributed by atoms with Crippen molar-refractivity contribution < 1.29 is 9.47 Å². The highest BCUT2D eigenvalue weighted by molar-refractivity contribution is 6.30. The van der Waals surface area contributed by atoms with Gasteiger partial charge >= 0.3 is 0 Å². The first-order chi connectivity index (χ1) is 16.2. The first-order valence-corrected chi connectivity index (χ1v) is 11.4. The Labute approximate surface area is 197 Å². The van der Waals surface area contributed by atoms with Crippen molar-refractivity contribution in [2.75, 3.05) is 0 Å². The van der Waals surface area contributed by atoms with Crippen molar-refractivity contribution in [3.8, 4) is 11.8 Å². The number of rotatable bonds is 7. The molecule has 2 aromatic carbocycles. The van der Waals surface area contributed by atoms with Gasteiger partial charge in [0, 0.05) is 24.5 Å². The number of ether oxygens (including phenoxy) is 2. The molecule has 0 N–H and O–H groups in total. The van der Waals surface area contributed by atoms with Crippen LogP contribution in [0.5, 0.6) is 0 Å². The molecule has 166 valence electrons. The summed E-state index contributed by atoms with van der Waals surface area (Å²) >= 11 is 6.56. The second-order valence-corrected chi connectivity index (χ2v) is 8.29. The number of fused-ring (bicyclic) bond motifs is 1. The topological polar surface area (TPSA) is 65.0 Å². The van der Waals surface area contributed by atoms with Crippen molar-refractivity contribution in [3.63, 3.8) is 0 Å². The van der Waals surface area contributed by atoms with Gasteiger partial charge in [-0.05, 0) is 36.2 Å². The van der Waals surface area contributed by atoms with Crippen LogP contribution < -0.4 is 0 Å². The summed E-state index contributed by atoms with van der Waals surface area (Å²) in [6.07, 6.45) is 7.36. The normalized spacial score (nSPS) is 13.2. The maximum absolute atomic E-state index is 9.56. The van der Waals surface area contributed by atoms with Gasteiger partial charge in [-0.15, -0.1) is 0 Å². The van der Waals surface area contributed by atoms with E-state index in [4.69, 9.17) is 21.1 Å². The fraction of sp³-hybridized carbons (Fsp3) is 0.231. The molecule has 5 rings (SSSR count). The van der Waals surface area contributed by atoms with E-state index in [1.54, 1.807) is 0 Å². The molecule has 33 heavy (non-hydrogen) atoms. The Morgan fingerprint density at radius 1 is 1.09 bits per heavy atom. The maximum atomic E-state index is 9.56. The van der Waals surface area contributed by atoms with Gasteiger partial charge in [-0.3, -0.25) is 0 Å². The van der Waals surface area contributed by atoms with Crippen LogP contribution in [0.4, 0.5) is 0 Å². The number of para-hydroxylation sites is 1. The summed E-state index contributed by atoms with van der Waals surface area (Å²) in [5.41, 5.74) is 4.38. The van der Waals surface area contributed by atoms with Crippen LogP contribution in [-0.4, -0.2) is 14.1 Å². The van der Waals surface area contributed by atoms with Gasteiger partial charge in [0.05, 0.1) is 16.8 Å². The number of aryl methyl sites for hydroxylation is 1. The zero-order chi connectivity index (χ0) is 22.8. The zero-order valence-electron chi connectivity index (χ0n) is 18.2. The van der Waals surface area contributed by atoms with Crippen LogP contribution in [0.25, 0.3) is 16.6 Å². The average molecular weight is 459 g/mol. The Kier molecular flexibility index (Phi) is 5.80. The van der Waals surface area contributed by atoms with Gasteiger partial charge in [-0.1, -0.05) is 49.2 Å². The molecule has 0 bridgehead atoms. The van der Waals surface area contributed by atoms with E-state index in [9.17, 15) is 5.26 Å². The molecular formula is C26H23ClN4O2. The molecule has 0 amide bonds. The average Bonchev–Trinajstić information content (AvgIpc) is 3.57. The van der Waals surface area contributed by atoms with Gasteiger partial charge in [0.2, 0.25) is 0 Å². The number of hydrogen-bond donors (Lipinski definition) is 0. The van der Waals surface area contributed by atoms with E-state index < -0.39 is 6.29 Å². The molecule has 0 atom stereocenters. The Hall–Kier alpha value is -3.69. The van der Waals surface area contributed by atoms with Crippen LogP contribution in [0.1, 0.15) is 48.7 Å². The van der Waals surface area contributed by atoms with Crippen molar-refractivity contribution in [2.24, 2.45) is 0 Å². The second kappa shape index (κ2) is 9.05. The summed E-state index contributed by atoms with van der Waals surface area (Å²) in [5.74, 6) is 0.919. The van der Waals surface area contributed by atoms with E-state index in [1.807, 2.05) is 36.5 Å². The number of imidazole rings is 1. The van der Waals surface area contributed by atoms with Crippen molar-refractivity contribution in [3.05, 3.63) is 95.1 Å². The van der Waals surface area contributed by atoms with E-state index >= 15 is 0 Å². The standard InChI is InChI=1S/C26H23ClN4O2/c1-2-3-11-23-29-25(27)24(26-32-14-15-33-26)31(23)17-19-8-6-10-22-20(19)12-13-30(22)21-9-5-4-7-18(21)16-28/h4-10,12-15,26H,2-3,11,17H2,1H3. The number of unbranched alkanes of at least 4 members (excludes halogenated alkanes) is 1. The number of aromatic nitrogens is 3. The fourth-order valence-corrected chi connectivity index (χ4v) is 4.59. The Morgan fingerprint density at radius 3 is 2.70 bits per heavy atom.